The van der Waals surface area contributed by atoms with Crippen molar-refractivity contribution in [3.63, 3.8) is 0 Å². The lowest BCUT2D eigenvalue weighted by Crippen LogP contribution is -2.48. The Labute approximate surface area is 180 Å². The quantitative estimate of drug-likeness (QED) is 0.631. The first kappa shape index (κ1) is 20.6. The minimum absolute atomic E-state index is 0.0774. The van der Waals surface area contributed by atoms with E-state index in [4.69, 9.17) is 11.6 Å². The van der Waals surface area contributed by atoms with E-state index in [1.165, 1.54) is 10.1 Å². The maximum atomic E-state index is 12.7. The molecule has 7 heteroatoms. The van der Waals surface area contributed by atoms with Gasteiger partial charge in [-0.1, -0.05) is 35.9 Å². The topological polar surface area (TPSA) is 58.4 Å². The Kier molecular flexibility index (Phi) is 6.16. The number of hydrogen-bond acceptors (Lipinski definition) is 4. The number of aryl methyl sites for hydroxylation is 2. The zero-order chi connectivity index (χ0) is 21.1. The average Bonchev–Trinajstić information content (AvgIpc) is 2.74. The summed E-state index contributed by atoms with van der Waals surface area (Å²) in [5.41, 5.74) is 2.79. The Hall–Kier alpha value is -2.70. The van der Waals surface area contributed by atoms with Crippen LogP contribution in [0.1, 0.15) is 17.5 Å². The summed E-state index contributed by atoms with van der Waals surface area (Å²) in [6.07, 6.45) is 1.85. The minimum atomic E-state index is -0.0946. The lowest BCUT2D eigenvalue weighted by molar-refractivity contribution is -0.133. The highest BCUT2D eigenvalue weighted by Crippen LogP contribution is 2.15. The van der Waals surface area contributed by atoms with Crippen LogP contribution in [0.25, 0.3) is 10.9 Å². The summed E-state index contributed by atoms with van der Waals surface area (Å²) in [7, 11) is 0. The predicted molar refractivity (Wildman–Crippen MR) is 119 cm³/mol. The maximum absolute atomic E-state index is 12.7. The second-order valence-corrected chi connectivity index (χ2v) is 8.19. The van der Waals surface area contributed by atoms with E-state index in [2.05, 4.69) is 16.0 Å². The molecule has 4 rings (SSSR count). The lowest BCUT2D eigenvalue weighted by atomic mass is 10.1. The second kappa shape index (κ2) is 8.98. The van der Waals surface area contributed by atoms with Crippen molar-refractivity contribution in [1.82, 2.24) is 19.4 Å². The van der Waals surface area contributed by atoms with Crippen molar-refractivity contribution in [2.45, 2.75) is 26.4 Å². The molecule has 0 N–H and O–H groups in total. The van der Waals surface area contributed by atoms with Crippen molar-refractivity contribution < 1.29 is 4.79 Å². The van der Waals surface area contributed by atoms with E-state index in [9.17, 15) is 9.59 Å². The Morgan fingerprint density at radius 3 is 2.63 bits per heavy atom. The number of fused-ring (bicyclic) bond motifs is 1. The van der Waals surface area contributed by atoms with Crippen molar-refractivity contribution in [1.29, 1.82) is 0 Å². The van der Waals surface area contributed by atoms with Gasteiger partial charge in [-0.3, -0.25) is 19.1 Å². The molecule has 2 heterocycles. The van der Waals surface area contributed by atoms with E-state index < -0.39 is 0 Å². The Balaban J connectivity index is 1.32. The molecule has 0 unspecified atom stereocenters. The van der Waals surface area contributed by atoms with E-state index in [0.717, 1.165) is 35.7 Å². The highest BCUT2D eigenvalue weighted by Gasteiger charge is 2.21. The van der Waals surface area contributed by atoms with Crippen LogP contribution in [0.2, 0.25) is 5.02 Å². The highest BCUT2D eigenvalue weighted by atomic mass is 35.5. The van der Waals surface area contributed by atoms with Gasteiger partial charge in [0.1, 0.15) is 0 Å². The number of halogens is 1. The molecule has 1 aliphatic rings. The van der Waals surface area contributed by atoms with Crippen molar-refractivity contribution in [3.8, 4) is 0 Å². The molecule has 156 valence electrons. The van der Waals surface area contributed by atoms with E-state index in [-0.39, 0.29) is 11.5 Å². The molecule has 0 aliphatic carbocycles. The molecule has 0 radical (unpaired) electrons. The van der Waals surface area contributed by atoms with E-state index in [1.807, 2.05) is 42.2 Å². The van der Waals surface area contributed by atoms with Crippen LogP contribution in [0, 0.1) is 6.92 Å². The molecule has 0 spiro atoms. The lowest BCUT2D eigenvalue weighted by Gasteiger charge is -2.35. The molecule has 1 aliphatic heterocycles. The third kappa shape index (κ3) is 4.55. The van der Waals surface area contributed by atoms with Gasteiger partial charge in [0.2, 0.25) is 5.91 Å². The van der Waals surface area contributed by atoms with Crippen molar-refractivity contribution >= 4 is 28.4 Å². The number of carbonyl (C=O) groups is 1. The molecule has 1 fully saturated rings. The fourth-order valence-electron chi connectivity index (χ4n) is 3.92. The number of hydrogen-bond donors (Lipinski definition) is 0. The fourth-order valence-corrected chi connectivity index (χ4v) is 4.13. The van der Waals surface area contributed by atoms with Gasteiger partial charge >= 0.3 is 0 Å². The number of carbonyl (C=O) groups excluding carboxylic acids is 1. The van der Waals surface area contributed by atoms with E-state index >= 15 is 0 Å². The summed E-state index contributed by atoms with van der Waals surface area (Å²) in [6, 6.07) is 13.5. The Morgan fingerprint density at radius 2 is 1.87 bits per heavy atom. The van der Waals surface area contributed by atoms with Crippen LogP contribution in [0.3, 0.4) is 0 Å². The number of para-hydroxylation sites is 1. The standard InChI is InChI=1S/C23H25ClN4O2/c1-17-4-2-7-20-22(17)25-16-28(23(20)30)9-8-21(29)27-12-10-26(11-13-27)15-18-5-3-6-19(24)14-18/h2-7,14,16H,8-13,15H2,1H3. The Bertz CT molecular complexity index is 1120. The summed E-state index contributed by atoms with van der Waals surface area (Å²) < 4.78 is 1.54. The number of aromatic nitrogens is 2. The van der Waals surface area contributed by atoms with Crippen LogP contribution in [-0.2, 0) is 17.9 Å². The van der Waals surface area contributed by atoms with Gasteiger partial charge in [-0.2, -0.15) is 0 Å². The van der Waals surface area contributed by atoms with Crippen LogP contribution in [-0.4, -0.2) is 51.4 Å². The first-order valence-corrected chi connectivity index (χ1v) is 10.6. The molecule has 1 amide bonds. The van der Waals surface area contributed by atoms with Gasteiger partial charge in [-0.05, 0) is 36.2 Å². The molecule has 3 aromatic rings. The van der Waals surface area contributed by atoms with Crippen molar-refractivity contribution in [2.75, 3.05) is 26.2 Å². The normalized spacial score (nSPS) is 14.9. The number of nitrogens with zero attached hydrogens (tertiary/aromatic N) is 4. The zero-order valence-electron chi connectivity index (χ0n) is 17.1. The van der Waals surface area contributed by atoms with Crippen LogP contribution in [0.15, 0.2) is 53.6 Å². The molecule has 1 saturated heterocycles. The van der Waals surface area contributed by atoms with Crippen molar-refractivity contribution in [3.05, 3.63) is 75.3 Å². The predicted octanol–water partition coefficient (Wildman–Crippen LogP) is 3.09. The summed E-state index contributed by atoms with van der Waals surface area (Å²) in [6.45, 7) is 6.17. The van der Waals surface area contributed by atoms with Crippen LogP contribution >= 0.6 is 11.6 Å². The molecule has 1 aromatic heterocycles. The van der Waals surface area contributed by atoms with Gasteiger partial charge in [0.15, 0.2) is 0 Å². The highest BCUT2D eigenvalue weighted by molar-refractivity contribution is 6.30. The first-order chi connectivity index (χ1) is 14.5. The molecule has 0 saturated carbocycles. The number of benzene rings is 2. The molecule has 30 heavy (non-hydrogen) atoms. The molecular weight excluding hydrogens is 400 g/mol. The van der Waals surface area contributed by atoms with E-state index in [0.29, 0.717) is 31.4 Å². The van der Waals surface area contributed by atoms with Crippen molar-refractivity contribution in [2.24, 2.45) is 0 Å². The van der Waals surface area contributed by atoms with Crippen LogP contribution in [0.4, 0.5) is 0 Å². The maximum Gasteiger partial charge on any atom is 0.261 e. The third-order valence-corrected chi connectivity index (χ3v) is 5.88. The average molecular weight is 425 g/mol. The van der Waals surface area contributed by atoms with Gasteiger partial charge in [-0.25, -0.2) is 4.98 Å². The first-order valence-electron chi connectivity index (χ1n) is 10.2. The van der Waals surface area contributed by atoms with E-state index in [1.54, 1.807) is 12.4 Å². The molecule has 0 atom stereocenters. The molecular formula is C23H25ClN4O2. The summed E-state index contributed by atoms with van der Waals surface area (Å²) in [5, 5.41) is 1.34. The largest absolute Gasteiger partial charge is 0.340 e. The monoisotopic (exact) mass is 424 g/mol. The van der Waals surface area contributed by atoms with Crippen LogP contribution < -0.4 is 5.56 Å². The van der Waals surface area contributed by atoms with Gasteiger partial charge < -0.3 is 4.90 Å². The van der Waals surface area contributed by atoms with Gasteiger partial charge in [0, 0.05) is 50.7 Å². The van der Waals surface area contributed by atoms with Gasteiger partial charge in [0.05, 0.1) is 17.2 Å². The Morgan fingerprint density at radius 1 is 1.10 bits per heavy atom. The number of rotatable bonds is 5. The summed E-state index contributed by atoms with van der Waals surface area (Å²) >= 11 is 6.06. The zero-order valence-corrected chi connectivity index (χ0v) is 17.8. The van der Waals surface area contributed by atoms with Gasteiger partial charge in [0.25, 0.3) is 5.56 Å². The second-order valence-electron chi connectivity index (χ2n) is 7.75. The molecule has 0 bridgehead atoms. The fraction of sp³-hybridized carbons (Fsp3) is 0.348. The smallest absolute Gasteiger partial charge is 0.261 e. The summed E-state index contributed by atoms with van der Waals surface area (Å²) in [5.74, 6) is 0.0774. The van der Waals surface area contributed by atoms with Gasteiger partial charge in [-0.15, -0.1) is 0 Å². The molecule has 2 aromatic carbocycles. The van der Waals surface area contributed by atoms with Crippen LogP contribution in [0.5, 0.6) is 0 Å². The molecule has 6 nitrogen and oxygen atoms in total. The summed E-state index contributed by atoms with van der Waals surface area (Å²) in [4.78, 5) is 34.0. The number of amides is 1. The SMILES string of the molecule is Cc1cccc2c(=O)n(CCC(=O)N3CCN(Cc4cccc(Cl)c4)CC3)cnc12. The minimum Gasteiger partial charge on any atom is -0.340 e. The number of piperazine rings is 1. The third-order valence-electron chi connectivity index (χ3n) is 5.64.